The molecule has 0 saturated carbocycles. The quantitative estimate of drug-likeness (QED) is 0.296. The molecule has 0 unspecified atom stereocenters. The molecule has 2 N–H and O–H groups in total. The van der Waals surface area contributed by atoms with Crippen LogP contribution in [0.2, 0.25) is 0 Å². The molecule has 1 fully saturated rings. The molecular formula is C25H32N2O7S. The summed E-state index contributed by atoms with van der Waals surface area (Å²) < 4.78 is 34.0. The fourth-order valence-corrected chi connectivity index (χ4v) is 4.42. The number of carbonyl (C=O) groups excluding carboxylic acids is 1. The van der Waals surface area contributed by atoms with Crippen LogP contribution in [-0.2, 0) is 37.0 Å². The molecule has 1 saturated heterocycles. The molecule has 1 aliphatic heterocycles. The van der Waals surface area contributed by atoms with Crippen molar-refractivity contribution < 1.29 is 33.2 Å². The van der Waals surface area contributed by atoms with Crippen molar-refractivity contribution in [3.8, 4) is 11.5 Å². The summed E-state index contributed by atoms with van der Waals surface area (Å²) in [7, 11) is 6.15. The number of esters is 1. The first kappa shape index (κ1) is 26.8. The smallest absolute Gasteiger partial charge is 0.337 e. The van der Waals surface area contributed by atoms with Crippen LogP contribution < -0.4 is 15.2 Å². The maximum Gasteiger partial charge on any atom is 0.337 e. The van der Waals surface area contributed by atoms with Crippen LogP contribution in [0, 0.1) is 0 Å². The number of ether oxygens (including phenoxy) is 6. The van der Waals surface area contributed by atoms with Crippen LogP contribution in [0.25, 0.3) is 0 Å². The topological polar surface area (TPSA) is 111 Å². The summed E-state index contributed by atoms with van der Waals surface area (Å²) in [6, 6.07) is 15.1. The summed E-state index contributed by atoms with van der Waals surface area (Å²) >= 11 is 1.23. The number of hydrogen-bond acceptors (Lipinski definition) is 9. The Morgan fingerprint density at radius 3 is 2.00 bits per heavy atom. The molecule has 4 atom stereocenters. The number of thioether (sulfide) groups is 1. The summed E-state index contributed by atoms with van der Waals surface area (Å²) in [5.41, 5.74) is 7.33. The van der Waals surface area contributed by atoms with Crippen LogP contribution in [0.4, 0.5) is 0 Å². The van der Waals surface area contributed by atoms with E-state index in [0.717, 1.165) is 22.6 Å². The van der Waals surface area contributed by atoms with Crippen molar-refractivity contribution in [2.75, 3.05) is 28.4 Å². The zero-order valence-electron chi connectivity index (χ0n) is 20.3. The number of benzene rings is 2. The molecule has 0 aliphatic carbocycles. The molecule has 2 aromatic rings. The lowest BCUT2D eigenvalue weighted by atomic mass is 10.0. The molecule has 0 radical (unpaired) electrons. The van der Waals surface area contributed by atoms with Crippen molar-refractivity contribution in [2.24, 2.45) is 10.7 Å². The van der Waals surface area contributed by atoms with E-state index in [1.165, 1.54) is 18.9 Å². The summed E-state index contributed by atoms with van der Waals surface area (Å²) in [5.74, 6) is 0.968. The number of aliphatic imine (C=N–C) groups is 1. The van der Waals surface area contributed by atoms with E-state index in [0.29, 0.717) is 18.2 Å². The van der Waals surface area contributed by atoms with Gasteiger partial charge in [0.15, 0.2) is 11.3 Å². The molecule has 1 heterocycles. The second-order valence-corrected chi connectivity index (χ2v) is 8.93. The van der Waals surface area contributed by atoms with Gasteiger partial charge >= 0.3 is 5.97 Å². The van der Waals surface area contributed by atoms with E-state index in [1.807, 2.05) is 48.5 Å². The Hall–Kier alpha value is -2.79. The van der Waals surface area contributed by atoms with Gasteiger partial charge in [-0.25, -0.2) is 4.79 Å². The zero-order chi connectivity index (χ0) is 25.2. The van der Waals surface area contributed by atoms with Gasteiger partial charge in [-0.15, -0.1) is 0 Å². The van der Waals surface area contributed by atoms with Gasteiger partial charge in [0, 0.05) is 13.5 Å². The lowest BCUT2D eigenvalue weighted by Crippen LogP contribution is -2.53. The third-order valence-corrected chi connectivity index (χ3v) is 6.51. The summed E-state index contributed by atoms with van der Waals surface area (Å²) in [4.78, 5) is 16.7. The Morgan fingerprint density at radius 2 is 1.51 bits per heavy atom. The average Bonchev–Trinajstić information content (AvgIpc) is 2.90. The Kier molecular flexibility index (Phi) is 10.2. The maximum absolute atomic E-state index is 12.7. The number of hydrogen-bond donors (Lipinski definition) is 1. The lowest BCUT2D eigenvalue weighted by molar-refractivity contribution is -0.206. The average molecular weight is 505 g/mol. The van der Waals surface area contributed by atoms with E-state index in [1.54, 1.807) is 21.3 Å². The van der Waals surface area contributed by atoms with Crippen molar-refractivity contribution in [1.82, 2.24) is 0 Å². The minimum Gasteiger partial charge on any atom is -0.497 e. The molecule has 0 amide bonds. The van der Waals surface area contributed by atoms with Crippen LogP contribution in [0.3, 0.4) is 0 Å². The first-order valence-electron chi connectivity index (χ1n) is 11.1. The van der Waals surface area contributed by atoms with Crippen molar-refractivity contribution in [3.63, 3.8) is 0 Å². The predicted molar refractivity (Wildman–Crippen MR) is 134 cm³/mol. The Balaban J connectivity index is 1.79. The van der Waals surface area contributed by atoms with Gasteiger partial charge in [0.25, 0.3) is 0 Å². The molecule has 9 nitrogen and oxygen atoms in total. The van der Waals surface area contributed by atoms with Gasteiger partial charge in [0.1, 0.15) is 23.0 Å². The van der Waals surface area contributed by atoms with Gasteiger partial charge in [-0.2, -0.15) is 0 Å². The zero-order valence-corrected chi connectivity index (χ0v) is 21.2. The number of nitrogens with two attached hydrogens (primary N) is 1. The Morgan fingerprint density at radius 1 is 0.971 bits per heavy atom. The second-order valence-electron chi connectivity index (χ2n) is 7.75. The molecular weight excluding hydrogens is 472 g/mol. The first-order chi connectivity index (χ1) is 17.0. The maximum atomic E-state index is 12.7. The standard InChI is InChI=1S/C25H32N2O7S/c1-27-25(26)35-21-13-20(32-14-16-5-9-18(29-2)10-6-16)22(23(34-21)24(28)31-4)33-15-17-7-11-19(30-3)12-8-17/h5-12,20-23H,13-15H2,1-4H3,(H2,26,27)/t20-,21-,22+,23+/m1/s1. The molecule has 0 spiro atoms. The highest BCUT2D eigenvalue weighted by Crippen LogP contribution is 2.33. The Labute approximate surface area is 209 Å². The monoisotopic (exact) mass is 504 g/mol. The molecule has 0 aromatic heterocycles. The second kappa shape index (κ2) is 13.3. The van der Waals surface area contributed by atoms with Crippen molar-refractivity contribution in [3.05, 3.63) is 59.7 Å². The highest BCUT2D eigenvalue weighted by atomic mass is 32.2. The molecule has 2 aromatic carbocycles. The van der Waals surface area contributed by atoms with E-state index < -0.39 is 29.7 Å². The first-order valence-corrected chi connectivity index (χ1v) is 12.0. The van der Waals surface area contributed by atoms with E-state index >= 15 is 0 Å². The fourth-order valence-electron chi connectivity index (χ4n) is 3.58. The number of nitrogens with zero attached hydrogens (tertiary/aromatic N) is 1. The van der Waals surface area contributed by atoms with Crippen molar-refractivity contribution in [2.45, 2.75) is 43.4 Å². The van der Waals surface area contributed by atoms with Crippen LogP contribution in [0.1, 0.15) is 17.5 Å². The minimum atomic E-state index is -0.991. The third-order valence-electron chi connectivity index (χ3n) is 5.52. The number of amidine groups is 1. The van der Waals surface area contributed by atoms with E-state index in [4.69, 9.17) is 34.2 Å². The van der Waals surface area contributed by atoms with Gasteiger partial charge in [-0.05, 0) is 35.4 Å². The lowest BCUT2D eigenvalue weighted by Gasteiger charge is -2.39. The van der Waals surface area contributed by atoms with Crippen molar-refractivity contribution in [1.29, 1.82) is 0 Å². The van der Waals surface area contributed by atoms with E-state index in [2.05, 4.69) is 4.99 Å². The molecule has 190 valence electrons. The SMILES string of the molecule is CN=C(N)S[C@@H]1C[C@@H](OCc2ccc(OC)cc2)[C@H](OCc2ccc(OC)cc2)[C@@H](C(=O)OC)O1. The molecule has 35 heavy (non-hydrogen) atoms. The van der Waals surface area contributed by atoms with Gasteiger partial charge < -0.3 is 34.2 Å². The fraction of sp³-hybridized carbons (Fsp3) is 0.440. The van der Waals surface area contributed by atoms with Crippen LogP contribution in [0.15, 0.2) is 53.5 Å². The van der Waals surface area contributed by atoms with E-state index in [-0.39, 0.29) is 6.61 Å². The molecule has 1 aliphatic rings. The summed E-state index contributed by atoms with van der Waals surface area (Å²) in [6.45, 7) is 0.573. The molecule has 10 heteroatoms. The Bertz CT molecular complexity index is 969. The third kappa shape index (κ3) is 7.60. The van der Waals surface area contributed by atoms with Crippen molar-refractivity contribution >= 4 is 22.9 Å². The van der Waals surface area contributed by atoms with Gasteiger partial charge in [-0.1, -0.05) is 36.0 Å². The number of rotatable bonds is 10. The van der Waals surface area contributed by atoms with Crippen LogP contribution in [0.5, 0.6) is 11.5 Å². The summed E-state index contributed by atoms with van der Waals surface area (Å²) in [6.07, 6.45) is -1.71. The largest absolute Gasteiger partial charge is 0.497 e. The normalized spacial score (nSPS) is 22.5. The molecule has 0 bridgehead atoms. The van der Waals surface area contributed by atoms with Gasteiger partial charge in [-0.3, -0.25) is 4.99 Å². The number of carbonyl (C=O) groups is 1. The summed E-state index contributed by atoms with van der Waals surface area (Å²) in [5, 5.41) is 0.352. The minimum absolute atomic E-state index is 0.254. The van der Waals surface area contributed by atoms with Gasteiger partial charge in [0.05, 0.1) is 40.6 Å². The number of methoxy groups -OCH3 is 3. The van der Waals surface area contributed by atoms with Crippen LogP contribution >= 0.6 is 11.8 Å². The predicted octanol–water partition coefficient (Wildman–Crippen LogP) is 3.14. The highest BCUT2D eigenvalue weighted by Gasteiger charge is 2.45. The van der Waals surface area contributed by atoms with Gasteiger partial charge in [0.2, 0.25) is 0 Å². The molecule has 3 rings (SSSR count). The van der Waals surface area contributed by atoms with E-state index in [9.17, 15) is 4.79 Å². The van der Waals surface area contributed by atoms with Crippen LogP contribution in [-0.4, -0.2) is 63.3 Å². The highest BCUT2D eigenvalue weighted by molar-refractivity contribution is 8.14.